The first kappa shape index (κ1) is 74.6. The number of aryl methyl sites for hydroxylation is 1. The maximum atomic E-state index is 16.3. The number of hydrogen-bond acceptors (Lipinski definition) is 20. The predicted octanol–water partition coefficient (Wildman–Crippen LogP) is 7.25. The van der Waals surface area contributed by atoms with Gasteiger partial charge in [0.2, 0.25) is 17.7 Å². The summed E-state index contributed by atoms with van der Waals surface area (Å²) in [4.78, 5) is 132. The molecular formula is C72H73F5N8O17S2. The molecule has 5 aliphatic heterocycles. The number of alkyl halides is 2. The van der Waals surface area contributed by atoms with Crippen LogP contribution in [0.3, 0.4) is 0 Å². The lowest BCUT2D eigenvalue weighted by atomic mass is 9.83. The Hall–Kier alpha value is -9.15. The van der Waals surface area contributed by atoms with Crippen molar-refractivity contribution in [2.45, 2.75) is 99.9 Å². The van der Waals surface area contributed by atoms with E-state index in [-0.39, 0.29) is 119 Å². The van der Waals surface area contributed by atoms with E-state index in [4.69, 9.17) is 33.2 Å². The molecule has 7 heterocycles. The summed E-state index contributed by atoms with van der Waals surface area (Å²) in [6, 6.07) is 15.4. The quantitative estimate of drug-likeness (QED) is 0.0179. The number of pyridine rings is 2. The Bertz CT molecular complexity index is 4430. The van der Waals surface area contributed by atoms with Crippen LogP contribution in [0.15, 0.2) is 97.2 Å². The molecule has 1 aliphatic carbocycles. The molecule has 1 unspecified atom stereocenters. The maximum absolute atomic E-state index is 16.3. The third-order valence-electron chi connectivity index (χ3n) is 19.0. The molecule has 12 rings (SSSR count). The molecule has 7 amide bonds. The monoisotopic (exact) mass is 1480 g/mol. The Balaban J connectivity index is 0.594. The van der Waals surface area contributed by atoms with Crippen molar-refractivity contribution in [3.63, 3.8) is 0 Å². The van der Waals surface area contributed by atoms with Crippen molar-refractivity contribution in [2.75, 3.05) is 109 Å². The second kappa shape index (κ2) is 30.9. The highest BCUT2D eigenvalue weighted by Crippen LogP contribution is 2.52. The average Bonchev–Trinajstić information content (AvgIpc) is 1.47. The van der Waals surface area contributed by atoms with E-state index in [2.05, 4.69) is 20.9 Å². The number of fused-ring (bicyclic) bond motifs is 5. The fraction of sp³-hybridized carbons (Fsp3) is 0.417. The number of halogens is 5. The van der Waals surface area contributed by atoms with E-state index in [9.17, 15) is 48.3 Å². The van der Waals surface area contributed by atoms with Crippen molar-refractivity contribution in [2.24, 2.45) is 5.92 Å². The number of hydrogen-bond donors (Lipinski definition) is 4. The van der Waals surface area contributed by atoms with Crippen LogP contribution in [0.4, 0.5) is 33.3 Å². The number of aliphatic hydroxyl groups is 1. The summed E-state index contributed by atoms with van der Waals surface area (Å²) in [6.07, 6.45) is -1.36. The molecular weight excluding hydrogens is 1410 g/mol. The van der Waals surface area contributed by atoms with Crippen LogP contribution >= 0.6 is 23.5 Å². The summed E-state index contributed by atoms with van der Waals surface area (Å²) in [5.74, 6) is -13.8. The number of carbonyl (C=O) groups excluding carboxylic acids is 8. The summed E-state index contributed by atoms with van der Waals surface area (Å²) in [5, 5.41) is 18.8. The number of nitrogens with one attached hydrogen (secondary N) is 3. The lowest BCUT2D eigenvalue weighted by Crippen LogP contribution is -2.62. The molecule has 4 aromatic carbocycles. The average molecular weight is 1480 g/mol. The number of anilines is 2. The van der Waals surface area contributed by atoms with Gasteiger partial charge in [-0.2, -0.15) is 0 Å². The number of amides is 7. The summed E-state index contributed by atoms with van der Waals surface area (Å²) >= 11 is 1.88. The van der Waals surface area contributed by atoms with E-state index in [1.807, 2.05) is 0 Å². The van der Waals surface area contributed by atoms with E-state index < -0.39 is 136 Å². The molecule has 2 aromatic heterocycles. The van der Waals surface area contributed by atoms with Gasteiger partial charge < -0.3 is 68.6 Å². The molecule has 0 bridgehead atoms. The van der Waals surface area contributed by atoms with E-state index in [1.54, 1.807) is 72.2 Å². The van der Waals surface area contributed by atoms with Crippen LogP contribution in [-0.2, 0) is 88.3 Å². The lowest BCUT2D eigenvalue weighted by Gasteiger charge is -2.34. The highest BCUT2D eigenvalue weighted by molar-refractivity contribution is 8.08. The zero-order valence-electron chi connectivity index (χ0n) is 57.1. The minimum Gasteiger partial charge on any atom is -0.485 e. The zero-order valence-corrected chi connectivity index (χ0v) is 58.8. The number of aromatic nitrogens is 2. The van der Waals surface area contributed by atoms with E-state index in [0.717, 1.165) is 41.7 Å². The minimum atomic E-state index is -3.50. The van der Waals surface area contributed by atoms with Gasteiger partial charge in [0.25, 0.3) is 35.1 Å². The first-order chi connectivity index (χ1) is 49.7. The number of cyclic esters (lactones) is 1. The number of morpholine rings is 2. The van der Waals surface area contributed by atoms with Crippen LogP contribution in [0.5, 0.6) is 5.75 Å². The Morgan fingerprint density at radius 1 is 0.721 bits per heavy atom. The highest BCUT2D eigenvalue weighted by atomic mass is 32.2. The Morgan fingerprint density at radius 3 is 1.82 bits per heavy atom. The van der Waals surface area contributed by atoms with Gasteiger partial charge in [0.05, 0.1) is 110 Å². The van der Waals surface area contributed by atoms with E-state index in [1.165, 1.54) is 31.4 Å². The third kappa shape index (κ3) is 14.8. The molecule has 104 heavy (non-hydrogen) atoms. The Morgan fingerprint density at radius 2 is 1.27 bits per heavy atom. The molecule has 0 radical (unpaired) electrons. The molecule has 4 N–H and O–H groups in total. The fourth-order valence-electron chi connectivity index (χ4n) is 12.9. The fourth-order valence-corrected chi connectivity index (χ4v) is 14.9. The molecule has 2 saturated heterocycles. The molecule has 3 atom stereocenters. The van der Waals surface area contributed by atoms with Gasteiger partial charge in [-0.1, -0.05) is 44.3 Å². The zero-order chi connectivity index (χ0) is 74.1. The van der Waals surface area contributed by atoms with Crippen molar-refractivity contribution >= 4 is 93.1 Å². The Kier molecular flexibility index (Phi) is 22.1. The highest BCUT2D eigenvalue weighted by Gasteiger charge is 2.49. The van der Waals surface area contributed by atoms with Crippen LogP contribution in [0, 0.1) is 23.4 Å². The molecule has 6 aliphatic rings. The van der Waals surface area contributed by atoms with Crippen LogP contribution in [0.25, 0.3) is 22.3 Å². The van der Waals surface area contributed by atoms with Crippen molar-refractivity contribution in [1.82, 2.24) is 30.0 Å². The molecule has 550 valence electrons. The van der Waals surface area contributed by atoms with Crippen LogP contribution < -0.4 is 31.1 Å². The van der Waals surface area contributed by atoms with Gasteiger partial charge in [0.1, 0.15) is 37.2 Å². The molecule has 25 nitrogen and oxygen atoms in total. The topological polar surface area (TPSA) is 302 Å². The number of esters is 1. The van der Waals surface area contributed by atoms with Gasteiger partial charge in [-0.3, -0.25) is 38.4 Å². The number of ether oxygens (including phenoxy) is 7. The molecule has 6 aromatic rings. The minimum absolute atomic E-state index is 0.000916. The molecule has 0 spiro atoms. The molecule has 32 heteroatoms. The summed E-state index contributed by atoms with van der Waals surface area (Å²) < 4.78 is 119. The standard InChI is InChI=1S/C72H73F5N8O17S2/c1-6-71(95)48-33-53-58-46(35-84(53)65(90)47(48)36-102-69(71)94)56-55-45(15-16-72(56,76)77)57(49(73)34-52(55)79-58)80-62(87)39(4)78-68(93)70(5,38(2)3)81-54(86)37-100-28-27-98-25-26-99-29-30-101-59-50(74)31-42(32-51(59)75)85-66(91)60(103-43-11-7-40(8-12-43)63(88)82-17-21-96-22-18-82)61(67(85)92)104-44-13-9-41(10-14-44)64(89)83-19-23-97-24-20-83/h7-14,31-34,38-39,95H,6,15-30,35-37H2,1-5H3,(H,78,93)(H,80,87)(H,81,86)/t39-,70?,71-/m0/s1. The number of nitrogens with zero attached hydrogens (tertiary/aromatic N) is 5. The molecule has 2 fully saturated rings. The summed E-state index contributed by atoms with van der Waals surface area (Å²) in [5.41, 5.74) is -5.31. The first-order valence-electron chi connectivity index (χ1n) is 33.7. The number of benzene rings is 4. The van der Waals surface area contributed by atoms with Crippen molar-refractivity contribution in [3.05, 3.63) is 149 Å². The summed E-state index contributed by atoms with van der Waals surface area (Å²) in [7, 11) is 0. The lowest BCUT2D eigenvalue weighted by molar-refractivity contribution is -0.172. The van der Waals surface area contributed by atoms with Crippen LogP contribution in [0.1, 0.15) is 96.0 Å². The number of carbonyl (C=O) groups is 8. The second-order valence-electron chi connectivity index (χ2n) is 25.8. The van der Waals surface area contributed by atoms with Gasteiger partial charge in [0, 0.05) is 93.8 Å². The SMILES string of the molecule is CC[C@@]1(O)C(=O)OCc2c1cc1n(c2=O)Cc2c-1nc1cc(F)c(NC(=O)[C@H](C)NC(=O)C(C)(NC(=O)COCCOCCOCCOc3c(F)cc(N4C(=O)C(Sc5ccc(C(=O)N6CCOCC6)cc5)=C(Sc5ccc(C(=O)N6CCOCC6)cc5)C4=O)cc3F)C(C)C)c3c1c2C(F)(F)CC3. The third-order valence-corrected chi connectivity index (χ3v) is 21.3. The smallest absolute Gasteiger partial charge is 0.343 e. The van der Waals surface area contributed by atoms with Crippen molar-refractivity contribution in [3.8, 4) is 17.1 Å². The maximum Gasteiger partial charge on any atom is 0.343 e. The first-order valence-corrected chi connectivity index (χ1v) is 35.3. The Labute approximate surface area is 600 Å². The second-order valence-corrected chi connectivity index (χ2v) is 28.0. The summed E-state index contributed by atoms with van der Waals surface area (Å²) in [6.45, 7) is 9.05. The van der Waals surface area contributed by atoms with Crippen LogP contribution in [0.2, 0.25) is 0 Å². The van der Waals surface area contributed by atoms with Gasteiger partial charge >= 0.3 is 5.97 Å². The largest absolute Gasteiger partial charge is 0.485 e. The van der Waals surface area contributed by atoms with Crippen molar-refractivity contribution in [1.29, 1.82) is 0 Å². The number of thioether (sulfide) groups is 2. The predicted molar refractivity (Wildman–Crippen MR) is 366 cm³/mol. The van der Waals surface area contributed by atoms with Crippen molar-refractivity contribution < 1.29 is 98.6 Å². The van der Waals surface area contributed by atoms with Gasteiger partial charge in [0.15, 0.2) is 23.0 Å². The van der Waals surface area contributed by atoms with Gasteiger partial charge in [-0.25, -0.2) is 36.6 Å². The van der Waals surface area contributed by atoms with E-state index >= 15 is 22.0 Å². The van der Waals surface area contributed by atoms with Gasteiger partial charge in [-0.05, 0) is 92.8 Å². The van der Waals surface area contributed by atoms with Crippen LogP contribution in [-0.4, -0.2) is 182 Å². The molecule has 0 saturated carbocycles. The number of imide groups is 1. The van der Waals surface area contributed by atoms with E-state index in [0.29, 0.717) is 78.4 Å². The van der Waals surface area contributed by atoms with Gasteiger partial charge in [-0.15, -0.1) is 0 Å². The number of rotatable bonds is 26. The normalized spacial score (nSPS) is 18.4.